The fraction of sp³-hybridized carbons (Fsp3) is 0.235. The highest BCUT2D eigenvalue weighted by atomic mass is 35.5. The van der Waals surface area contributed by atoms with E-state index in [4.69, 9.17) is 23.8 Å². The molecule has 2 aliphatic heterocycles. The second kappa shape index (κ2) is 8.14. The van der Waals surface area contributed by atoms with Crippen LogP contribution in [0.3, 0.4) is 0 Å². The van der Waals surface area contributed by atoms with Gasteiger partial charge in [-0.05, 0) is 29.8 Å². The Morgan fingerprint density at radius 3 is 2.89 bits per heavy atom. The third kappa shape index (κ3) is 5.19. The average Bonchev–Trinajstić information content (AvgIpc) is 3.05. The number of nitrogens with one attached hydrogen (secondary N) is 1. The molecule has 0 aliphatic carbocycles. The van der Waals surface area contributed by atoms with E-state index in [1.807, 2.05) is 6.07 Å². The lowest BCUT2D eigenvalue weighted by atomic mass is 10.2. The summed E-state index contributed by atoms with van der Waals surface area (Å²) in [6.07, 6.45) is 3.18. The van der Waals surface area contributed by atoms with Gasteiger partial charge in [-0.2, -0.15) is 0 Å². The third-order valence-corrected chi connectivity index (χ3v) is 6.87. The smallest absolute Gasteiger partial charge is 0.266 e. The van der Waals surface area contributed by atoms with Crippen LogP contribution in [-0.4, -0.2) is 47.8 Å². The van der Waals surface area contributed by atoms with Gasteiger partial charge in [0, 0.05) is 23.4 Å². The molecule has 0 spiro atoms. The highest BCUT2D eigenvalue weighted by Crippen LogP contribution is 2.32. The molecule has 2 heterocycles. The van der Waals surface area contributed by atoms with Crippen molar-refractivity contribution in [2.75, 3.05) is 12.3 Å². The zero-order valence-corrected chi connectivity index (χ0v) is 17.1. The molecule has 10 heteroatoms. The first-order chi connectivity index (χ1) is 12.7. The molecule has 0 radical (unpaired) electrons. The highest BCUT2D eigenvalue weighted by Gasteiger charge is 2.32. The zero-order chi connectivity index (χ0) is 19.6. The number of hydrogen-bond donors (Lipinski definition) is 1. The normalized spacial score (nSPS) is 22.6. The van der Waals surface area contributed by atoms with Gasteiger partial charge in [0.15, 0.2) is 9.84 Å². The lowest BCUT2D eigenvalue weighted by Gasteiger charge is -2.15. The van der Waals surface area contributed by atoms with Gasteiger partial charge < -0.3 is 5.32 Å². The molecular weight excluding hydrogens is 428 g/mol. The number of rotatable bonds is 5. The number of sulfone groups is 1. The number of carbonyl (C=O) groups excluding carboxylic acids is 2. The van der Waals surface area contributed by atoms with Crippen molar-refractivity contribution in [3.8, 4) is 0 Å². The SMILES string of the molecule is O=C(CCN1C(=O)/C(=C/c2cccc(Cl)c2)SC1=S)N[C@H]1C=CS(=O)(=O)C1. The summed E-state index contributed by atoms with van der Waals surface area (Å²) in [6.45, 7) is 0.132. The summed E-state index contributed by atoms with van der Waals surface area (Å²) in [7, 11) is -3.23. The van der Waals surface area contributed by atoms with Crippen LogP contribution in [0.5, 0.6) is 0 Å². The fourth-order valence-corrected chi connectivity index (χ4v) is 5.34. The van der Waals surface area contributed by atoms with Crippen molar-refractivity contribution >= 4 is 67.6 Å². The fourth-order valence-electron chi connectivity index (χ4n) is 2.60. The molecule has 0 aromatic heterocycles. The molecular formula is C17H15ClN2O4S3. The molecule has 3 rings (SSSR count). The van der Waals surface area contributed by atoms with E-state index in [9.17, 15) is 18.0 Å². The average molecular weight is 443 g/mol. The van der Waals surface area contributed by atoms with Gasteiger partial charge >= 0.3 is 0 Å². The van der Waals surface area contributed by atoms with Crippen molar-refractivity contribution in [2.45, 2.75) is 12.5 Å². The zero-order valence-electron chi connectivity index (χ0n) is 13.9. The monoisotopic (exact) mass is 442 g/mol. The maximum absolute atomic E-state index is 12.5. The molecule has 2 amide bonds. The van der Waals surface area contributed by atoms with E-state index in [1.54, 1.807) is 24.3 Å². The number of nitrogens with zero attached hydrogens (tertiary/aromatic N) is 1. The van der Waals surface area contributed by atoms with Crippen LogP contribution in [0.2, 0.25) is 5.02 Å². The molecule has 6 nitrogen and oxygen atoms in total. The molecule has 1 aromatic rings. The van der Waals surface area contributed by atoms with Crippen molar-refractivity contribution in [3.05, 3.63) is 51.2 Å². The van der Waals surface area contributed by atoms with Crippen LogP contribution in [0.25, 0.3) is 6.08 Å². The van der Waals surface area contributed by atoms with E-state index >= 15 is 0 Å². The number of thiocarbonyl (C=S) groups is 1. The minimum Gasteiger partial charge on any atom is -0.349 e. The number of thioether (sulfide) groups is 1. The van der Waals surface area contributed by atoms with Gasteiger partial charge in [0.25, 0.3) is 5.91 Å². The van der Waals surface area contributed by atoms with Crippen LogP contribution >= 0.6 is 35.6 Å². The Morgan fingerprint density at radius 2 is 2.22 bits per heavy atom. The summed E-state index contributed by atoms with van der Waals surface area (Å²) in [6, 6.07) is 6.57. The Balaban J connectivity index is 1.58. The van der Waals surface area contributed by atoms with Gasteiger partial charge in [-0.25, -0.2) is 8.42 Å². The first-order valence-electron chi connectivity index (χ1n) is 7.95. The molecule has 0 bridgehead atoms. The van der Waals surface area contributed by atoms with Gasteiger partial charge in [-0.1, -0.05) is 47.7 Å². The Bertz CT molecular complexity index is 972. The van der Waals surface area contributed by atoms with Crippen LogP contribution < -0.4 is 5.32 Å². The third-order valence-electron chi connectivity index (χ3n) is 3.86. The standard InChI is InChI=1S/C17H15ClN2O4S3/c18-12-3-1-2-11(8-12)9-14-16(22)20(17(25)26-14)6-4-15(21)19-13-5-7-27(23,24)10-13/h1-3,5,7-9,13H,4,6,10H2,(H,19,21)/b14-9-/t13-/m0/s1. The van der Waals surface area contributed by atoms with Gasteiger partial charge in [-0.15, -0.1) is 0 Å². The van der Waals surface area contributed by atoms with Gasteiger partial charge in [-0.3, -0.25) is 14.5 Å². The van der Waals surface area contributed by atoms with Gasteiger partial charge in [0.1, 0.15) is 4.32 Å². The molecule has 1 atom stereocenters. The van der Waals surface area contributed by atoms with Crippen LogP contribution in [0.1, 0.15) is 12.0 Å². The first kappa shape index (κ1) is 20.1. The van der Waals surface area contributed by atoms with Crippen LogP contribution in [-0.2, 0) is 19.4 Å². The lowest BCUT2D eigenvalue weighted by Crippen LogP contribution is -2.38. The number of halogens is 1. The predicted molar refractivity (Wildman–Crippen MR) is 111 cm³/mol. The molecule has 142 valence electrons. The van der Waals surface area contributed by atoms with E-state index in [1.165, 1.54) is 22.7 Å². The second-order valence-corrected chi connectivity index (χ2v) is 10.0. The topological polar surface area (TPSA) is 83.6 Å². The lowest BCUT2D eigenvalue weighted by molar-refractivity contribution is -0.124. The van der Waals surface area contributed by atoms with Crippen molar-refractivity contribution in [1.82, 2.24) is 10.2 Å². The number of benzene rings is 1. The maximum Gasteiger partial charge on any atom is 0.266 e. The van der Waals surface area contributed by atoms with Crippen LogP contribution in [0.15, 0.2) is 40.7 Å². The van der Waals surface area contributed by atoms with E-state index in [0.29, 0.717) is 14.2 Å². The highest BCUT2D eigenvalue weighted by molar-refractivity contribution is 8.26. The van der Waals surface area contributed by atoms with E-state index in [-0.39, 0.29) is 30.5 Å². The molecule has 1 fully saturated rings. The number of amides is 2. The van der Waals surface area contributed by atoms with Crippen LogP contribution in [0.4, 0.5) is 0 Å². The minimum atomic E-state index is -3.23. The molecule has 2 aliphatic rings. The van der Waals surface area contributed by atoms with Gasteiger partial charge in [0.05, 0.1) is 16.7 Å². The Hall–Kier alpha value is -1.68. The van der Waals surface area contributed by atoms with E-state index in [2.05, 4.69) is 5.32 Å². The molecule has 1 aromatic carbocycles. The van der Waals surface area contributed by atoms with E-state index in [0.717, 1.165) is 11.0 Å². The second-order valence-electron chi connectivity index (χ2n) is 5.97. The Morgan fingerprint density at radius 1 is 1.44 bits per heavy atom. The molecule has 0 unspecified atom stereocenters. The molecule has 0 saturated carbocycles. The Kier molecular flexibility index (Phi) is 6.05. The number of carbonyl (C=O) groups is 2. The summed E-state index contributed by atoms with van der Waals surface area (Å²) >= 11 is 12.4. The quantitative estimate of drug-likeness (QED) is 0.556. The van der Waals surface area contributed by atoms with E-state index < -0.39 is 15.9 Å². The van der Waals surface area contributed by atoms with Crippen LogP contribution in [0, 0.1) is 0 Å². The summed E-state index contributed by atoms with van der Waals surface area (Å²) in [4.78, 5) is 26.4. The summed E-state index contributed by atoms with van der Waals surface area (Å²) < 4.78 is 23.1. The van der Waals surface area contributed by atoms with Crippen molar-refractivity contribution in [3.63, 3.8) is 0 Å². The van der Waals surface area contributed by atoms with Crippen molar-refractivity contribution in [1.29, 1.82) is 0 Å². The molecule has 1 saturated heterocycles. The Labute approximate surface area is 171 Å². The maximum atomic E-state index is 12.5. The molecule has 27 heavy (non-hydrogen) atoms. The van der Waals surface area contributed by atoms with Crippen molar-refractivity contribution < 1.29 is 18.0 Å². The molecule has 1 N–H and O–H groups in total. The predicted octanol–water partition coefficient (Wildman–Crippen LogP) is 2.36. The van der Waals surface area contributed by atoms with Crippen molar-refractivity contribution in [2.24, 2.45) is 0 Å². The summed E-state index contributed by atoms with van der Waals surface area (Å²) in [5.41, 5.74) is 0.787. The first-order valence-corrected chi connectivity index (χ1v) is 11.3. The number of hydrogen-bond acceptors (Lipinski definition) is 6. The van der Waals surface area contributed by atoms with Gasteiger partial charge in [0.2, 0.25) is 5.91 Å². The largest absolute Gasteiger partial charge is 0.349 e. The summed E-state index contributed by atoms with van der Waals surface area (Å²) in [5, 5.41) is 4.29. The summed E-state index contributed by atoms with van der Waals surface area (Å²) in [5.74, 6) is -0.738. The minimum absolute atomic E-state index is 0.0290.